The van der Waals surface area contributed by atoms with Gasteiger partial charge in [0.2, 0.25) is 11.7 Å². The summed E-state index contributed by atoms with van der Waals surface area (Å²) in [7, 11) is 0. The Morgan fingerprint density at radius 3 is 2.53 bits per heavy atom. The third-order valence-corrected chi connectivity index (χ3v) is 6.30. The fraction of sp³-hybridized carbons (Fsp3) is 0.583. The van der Waals surface area contributed by atoms with Gasteiger partial charge in [0, 0.05) is 6.54 Å². The first-order valence-corrected chi connectivity index (χ1v) is 11.4. The van der Waals surface area contributed by atoms with Crippen LogP contribution < -0.4 is 16.0 Å². The molecule has 3 rings (SSSR count). The first-order valence-electron chi connectivity index (χ1n) is 11.4. The average Bonchev–Trinajstić information content (AvgIpc) is 2.82. The van der Waals surface area contributed by atoms with Gasteiger partial charge in [-0.2, -0.15) is 0 Å². The van der Waals surface area contributed by atoms with E-state index in [1.807, 2.05) is 30.3 Å². The van der Waals surface area contributed by atoms with Crippen molar-refractivity contribution in [1.82, 2.24) is 16.0 Å². The van der Waals surface area contributed by atoms with Crippen LogP contribution in [0.5, 0.6) is 0 Å². The number of amides is 3. The maximum atomic E-state index is 13.0. The zero-order valence-corrected chi connectivity index (χ0v) is 18.8. The number of carbonyl (C=O) groups is 4. The van der Waals surface area contributed by atoms with Gasteiger partial charge in [-0.1, -0.05) is 57.0 Å². The molecule has 2 aliphatic rings. The van der Waals surface area contributed by atoms with Gasteiger partial charge in [-0.25, -0.2) is 4.79 Å². The molecule has 8 heteroatoms. The molecule has 1 aromatic carbocycles. The van der Waals surface area contributed by atoms with Crippen molar-refractivity contribution >= 4 is 23.7 Å². The highest BCUT2D eigenvalue weighted by Crippen LogP contribution is 2.32. The number of ether oxygens (including phenoxy) is 1. The van der Waals surface area contributed by atoms with Gasteiger partial charge in [-0.05, 0) is 42.6 Å². The van der Waals surface area contributed by atoms with Crippen LogP contribution in [0.3, 0.4) is 0 Å². The number of rotatable bonds is 6. The van der Waals surface area contributed by atoms with Crippen LogP contribution in [0.25, 0.3) is 0 Å². The molecule has 174 valence electrons. The second-order valence-electron chi connectivity index (χ2n) is 9.20. The van der Waals surface area contributed by atoms with E-state index >= 15 is 0 Å². The average molecular weight is 444 g/mol. The van der Waals surface area contributed by atoms with E-state index in [9.17, 15) is 19.2 Å². The van der Waals surface area contributed by atoms with Crippen LogP contribution in [0.15, 0.2) is 30.3 Å². The number of Topliss-reactive ketones (excluding diaryl/α,β-unsaturated/α-hetero) is 1. The molecule has 2 bridgehead atoms. The molecule has 1 aliphatic heterocycles. The van der Waals surface area contributed by atoms with E-state index in [0.717, 1.165) is 31.2 Å². The fourth-order valence-corrected chi connectivity index (χ4v) is 4.54. The molecule has 0 aromatic heterocycles. The van der Waals surface area contributed by atoms with Crippen LogP contribution in [0, 0.1) is 17.8 Å². The Hall–Kier alpha value is -2.90. The van der Waals surface area contributed by atoms with Crippen molar-refractivity contribution in [2.75, 3.05) is 6.54 Å². The van der Waals surface area contributed by atoms with Crippen molar-refractivity contribution in [3.05, 3.63) is 35.9 Å². The zero-order valence-electron chi connectivity index (χ0n) is 18.8. The summed E-state index contributed by atoms with van der Waals surface area (Å²) < 4.78 is 5.23. The van der Waals surface area contributed by atoms with Gasteiger partial charge in [0.25, 0.3) is 5.91 Å². The summed E-state index contributed by atoms with van der Waals surface area (Å²) in [6.45, 7) is 4.19. The summed E-state index contributed by atoms with van der Waals surface area (Å²) >= 11 is 0. The van der Waals surface area contributed by atoms with E-state index in [1.54, 1.807) is 13.8 Å². The highest BCUT2D eigenvalue weighted by molar-refractivity contribution is 6.38. The van der Waals surface area contributed by atoms with Crippen molar-refractivity contribution in [1.29, 1.82) is 0 Å². The van der Waals surface area contributed by atoms with Crippen molar-refractivity contribution in [3.63, 3.8) is 0 Å². The Labute approximate surface area is 188 Å². The second kappa shape index (κ2) is 11.1. The summed E-state index contributed by atoms with van der Waals surface area (Å²) in [5.41, 5.74) is 0.834. The smallest absolute Gasteiger partial charge is 0.408 e. The predicted molar refractivity (Wildman–Crippen MR) is 118 cm³/mol. The molecule has 1 aromatic rings. The van der Waals surface area contributed by atoms with Gasteiger partial charge in [-0.3, -0.25) is 14.4 Å². The molecule has 1 saturated heterocycles. The Morgan fingerprint density at radius 1 is 1.09 bits per heavy atom. The second-order valence-corrected chi connectivity index (χ2v) is 9.20. The standard InChI is InChI=1S/C24H33N3O5/c1-15(2)20(27-24(31)32-14-16-7-4-3-5-8-16)22(29)26-19-12-17-9-6-10-18(11-17)13-25-23(30)21(19)28/h3-5,7-8,15,17-20H,6,9-14H2,1-2H3,(H,25,30)(H,26,29)(H,27,31). The number of ketones is 1. The Balaban J connectivity index is 1.62. The number of carbonyl (C=O) groups excluding carboxylic acids is 4. The largest absolute Gasteiger partial charge is 0.445 e. The minimum atomic E-state index is -0.896. The lowest BCUT2D eigenvalue weighted by molar-refractivity contribution is -0.140. The molecule has 3 amide bonds. The van der Waals surface area contributed by atoms with Gasteiger partial charge in [0.1, 0.15) is 12.6 Å². The predicted octanol–water partition coefficient (Wildman–Crippen LogP) is 2.32. The molecule has 4 atom stereocenters. The third kappa shape index (κ3) is 6.55. The third-order valence-electron chi connectivity index (χ3n) is 6.30. The number of alkyl carbamates (subject to hydrolysis) is 1. The van der Waals surface area contributed by atoms with Gasteiger partial charge in [-0.15, -0.1) is 0 Å². The normalized spacial score (nSPS) is 24.4. The number of fused-ring (bicyclic) bond motifs is 2. The Morgan fingerprint density at radius 2 is 1.81 bits per heavy atom. The van der Waals surface area contributed by atoms with Crippen LogP contribution in [0.1, 0.15) is 51.5 Å². The van der Waals surface area contributed by atoms with Crippen LogP contribution in [-0.4, -0.2) is 42.3 Å². The molecule has 4 unspecified atom stereocenters. The van der Waals surface area contributed by atoms with Gasteiger partial charge < -0.3 is 20.7 Å². The monoisotopic (exact) mass is 443 g/mol. The molecule has 3 N–H and O–H groups in total. The summed E-state index contributed by atoms with van der Waals surface area (Å²) in [6, 6.07) is 7.45. The zero-order chi connectivity index (χ0) is 23.1. The quantitative estimate of drug-likeness (QED) is 0.584. The van der Waals surface area contributed by atoms with E-state index in [4.69, 9.17) is 4.74 Å². The highest BCUT2D eigenvalue weighted by atomic mass is 16.5. The molecule has 1 saturated carbocycles. The summed E-state index contributed by atoms with van der Waals surface area (Å²) in [5.74, 6) is -1.34. The number of hydrogen-bond acceptors (Lipinski definition) is 5. The first-order chi connectivity index (χ1) is 15.3. The summed E-state index contributed by atoms with van der Waals surface area (Å²) in [6.07, 6.45) is 3.77. The topological polar surface area (TPSA) is 114 Å². The number of benzene rings is 1. The van der Waals surface area contributed by atoms with Crippen LogP contribution in [-0.2, 0) is 25.7 Å². The minimum Gasteiger partial charge on any atom is -0.445 e. The minimum absolute atomic E-state index is 0.0865. The van der Waals surface area contributed by atoms with E-state index in [-0.39, 0.29) is 18.4 Å². The summed E-state index contributed by atoms with van der Waals surface area (Å²) in [4.78, 5) is 50.3. The lowest BCUT2D eigenvalue weighted by Gasteiger charge is -2.30. The molecule has 0 radical (unpaired) electrons. The lowest BCUT2D eigenvalue weighted by atomic mass is 9.78. The van der Waals surface area contributed by atoms with Crippen molar-refractivity contribution in [3.8, 4) is 0 Å². The molecular formula is C24H33N3O5. The first kappa shape index (κ1) is 23.8. The van der Waals surface area contributed by atoms with Gasteiger partial charge in [0.05, 0.1) is 6.04 Å². The molecule has 1 heterocycles. The van der Waals surface area contributed by atoms with Crippen LogP contribution >= 0.6 is 0 Å². The van der Waals surface area contributed by atoms with E-state index < -0.39 is 35.8 Å². The Bertz CT molecular complexity index is 826. The fourth-order valence-electron chi connectivity index (χ4n) is 4.54. The molecule has 8 nitrogen and oxygen atoms in total. The SMILES string of the molecule is CC(C)C(NC(=O)OCc1ccccc1)C(=O)NC1CC2CCCC(CNC(=O)C1=O)C2. The molecule has 2 fully saturated rings. The van der Waals surface area contributed by atoms with Crippen LogP contribution in [0.2, 0.25) is 0 Å². The van der Waals surface area contributed by atoms with Crippen LogP contribution in [0.4, 0.5) is 4.79 Å². The summed E-state index contributed by atoms with van der Waals surface area (Å²) in [5, 5.41) is 8.06. The van der Waals surface area contributed by atoms with E-state index in [2.05, 4.69) is 16.0 Å². The van der Waals surface area contributed by atoms with E-state index in [1.165, 1.54) is 0 Å². The molecule has 32 heavy (non-hydrogen) atoms. The lowest BCUT2D eigenvalue weighted by Crippen LogP contribution is -2.55. The maximum Gasteiger partial charge on any atom is 0.408 e. The van der Waals surface area contributed by atoms with E-state index in [0.29, 0.717) is 18.9 Å². The number of nitrogens with one attached hydrogen (secondary N) is 3. The Kier molecular flexibility index (Phi) is 8.25. The van der Waals surface area contributed by atoms with Crippen molar-refractivity contribution in [2.45, 2.75) is 64.6 Å². The molecule has 0 spiro atoms. The van der Waals surface area contributed by atoms with Gasteiger partial charge >= 0.3 is 6.09 Å². The van der Waals surface area contributed by atoms with Crippen molar-refractivity contribution < 1.29 is 23.9 Å². The molecular weight excluding hydrogens is 410 g/mol. The maximum absolute atomic E-state index is 13.0. The van der Waals surface area contributed by atoms with Gasteiger partial charge in [0.15, 0.2) is 0 Å². The molecule has 1 aliphatic carbocycles. The highest BCUT2D eigenvalue weighted by Gasteiger charge is 2.36. The van der Waals surface area contributed by atoms with Crippen molar-refractivity contribution in [2.24, 2.45) is 17.8 Å². The number of hydrogen-bond donors (Lipinski definition) is 3.